The lowest BCUT2D eigenvalue weighted by Gasteiger charge is -2.22. The van der Waals surface area contributed by atoms with Crippen molar-refractivity contribution in [2.75, 3.05) is 24.1 Å². The van der Waals surface area contributed by atoms with Crippen molar-refractivity contribution in [3.05, 3.63) is 78.4 Å². The number of urea groups is 1. The van der Waals surface area contributed by atoms with Crippen LogP contribution in [0.25, 0.3) is 0 Å². The molecule has 178 valence electrons. The monoisotopic (exact) mass is 473 g/mol. The van der Waals surface area contributed by atoms with Crippen molar-refractivity contribution in [1.82, 2.24) is 4.90 Å². The predicted octanol–water partition coefficient (Wildman–Crippen LogP) is 3.79. The SMILES string of the molecule is COc1ccc(N2C(=O)[C@H](CC(=O)Nc3ccccc3)N(Cc3ccc4c(c3)OCO4)C2=O)cc1. The summed E-state index contributed by atoms with van der Waals surface area (Å²) in [5, 5.41) is 2.79. The summed E-state index contributed by atoms with van der Waals surface area (Å²) in [5.74, 6) is 0.963. The molecule has 35 heavy (non-hydrogen) atoms. The summed E-state index contributed by atoms with van der Waals surface area (Å²) in [6, 6.07) is 19.5. The highest BCUT2D eigenvalue weighted by molar-refractivity contribution is 6.22. The first-order valence-corrected chi connectivity index (χ1v) is 11.1. The van der Waals surface area contributed by atoms with Crippen LogP contribution in [0.1, 0.15) is 12.0 Å². The van der Waals surface area contributed by atoms with Crippen LogP contribution in [0.15, 0.2) is 72.8 Å². The van der Waals surface area contributed by atoms with Gasteiger partial charge in [0.15, 0.2) is 11.5 Å². The second kappa shape index (κ2) is 9.38. The number of nitrogens with zero attached hydrogens (tertiary/aromatic N) is 2. The molecular weight excluding hydrogens is 450 g/mol. The fraction of sp³-hybridized carbons (Fsp3) is 0.192. The molecule has 1 saturated heterocycles. The van der Waals surface area contributed by atoms with Gasteiger partial charge in [0.25, 0.3) is 5.91 Å². The minimum absolute atomic E-state index is 0.122. The summed E-state index contributed by atoms with van der Waals surface area (Å²) in [6.07, 6.45) is -0.184. The van der Waals surface area contributed by atoms with Gasteiger partial charge in [0.2, 0.25) is 12.7 Å². The number of anilines is 2. The van der Waals surface area contributed by atoms with Gasteiger partial charge >= 0.3 is 6.03 Å². The molecule has 2 aliphatic rings. The summed E-state index contributed by atoms with van der Waals surface area (Å²) >= 11 is 0. The average molecular weight is 473 g/mol. The number of amides is 4. The Morgan fingerprint density at radius 3 is 2.49 bits per heavy atom. The molecule has 3 aromatic rings. The number of benzene rings is 3. The van der Waals surface area contributed by atoms with Crippen LogP contribution in [0.2, 0.25) is 0 Å². The molecule has 0 aliphatic carbocycles. The number of carbonyl (C=O) groups excluding carboxylic acids is 3. The normalized spacial score (nSPS) is 16.5. The van der Waals surface area contributed by atoms with Crippen LogP contribution in [0, 0.1) is 0 Å². The summed E-state index contributed by atoms with van der Waals surface area (Å²) in [5.41, 5.74) is 1.77. The third-order valence-corrected chi connectivity index (χ3v) is 5.88. The summed E-state index contributed by atoms with van der Waals surface area (Å²) in [7, 11) is 1.54. The molecule has 3 aromatic carbocycles. The quantitative estimate of drug-likeness (QED) is 0.525. The van der Waals surface area contributed by atoms with E-state index in [1.165, 1.54) is 12.0 Å². The molecule has 0 aromatic heterocycles. The minimum Gasteiger partial charge on any atom is -0.497 e. The van der Waals surface area contributed by atoms with Crippen LogP contribution in [0.5, 0.6) is 17.2 Å². The smallest absolute Gasteiger partial charge is 0.332 e. The highest BCUT2D eigenvalue weighted by Crippen LogP contribution is 2.35. The fourth-order valence-electron chi connectivity index (χ4n) is 4.13. The zero-order valence-electron chi connectivity index (χ0n) is 19.0. The van der Waals surface area contributed by atoms with Crippen LogP contribution in [0.3, 0.4) is 0 Å². The van der Waals surface area contributed by atoms with E-state index < -0.39 is 18.0 Å². The Kier molecular flexibility index (Phi) is 5.97. The summed E-state index contributed by atoms with van der Waals surface area (Å²) < 4.78 is 16.0. The number of methoxy groups -OCH3 is 1. The van der Waals surface area contributed by atoms with Gasteiger partial charge in [-0.1, -0.05) is 24.3 Å². The van der Waals surface area contributed by atoms with E-state index in [2.05, 4.69) is 5.32 Å². The predicted molar refractivity (Wildman–Crippen MR) is 127 cm³/mol. The van der Waals surface area contributed by atoms with Gasteiger partial charge in [-0.15, -0.1) is 0 Å². The van der Waals surface area contributed by atoms with E-state index in [0.717, 1.165) is 10.5 Å². The maximum absolute atomic E-state index is 13.5. The molecule has 9 heteroatoms. The molecule has 9 nitrogen and oxygen atoms in total. The standard InChI is InChI=1S/C26H23N3O6/c1-33-20-10-8-19(9-11-20)29-25(31)21(14-24(30)27-18-5-3-2-4-6-18)28(26(29)32)15-17-7-12-22-23(13-17)35-16-34-22/h2-13,21H,14-16H2,1H3,(H,27,30)/t21-/m0/s1. The second-order valence-corrected chi connectivity index (χ2v) is 8.10. The first-order valence-electron chi connectivity index (χ1n) is 11.1. The molecular formula is C26H23N3O6. The number of carbonyl (C=O) groups is 3. The maximum atomic E-state index is 13.5. The van der Waals surface area contributed by atoms with E-state index in [-0.39, 0.29) is 25.7 Å². The van der Waals surface area contributed by atoms with Gasteiger partial charge in [0.05, 0.1) is 19.2 Å². The van der Waals surface area contributed by atoms with Crippen LogP contribution in [-0.2, 0) is 16.1 Å². The average Bonchev–Trinajstić information content (AvgIpc) is 3.43. The Morgan fingerprint density at radius 1 is 1.00 bits per heavy atom. The molecule has 1 N–H and O–H groups in total. The van der Waals surface area contributed by atoms with Crippen LogP contribution >= 0.6 is 0 Å². The van der Waals surface area contributed by atoms with Crippen LogP contribution < -0.4 is 24.4 Å². The van der Waals surface area contributed by atoms with Gasteiger partial charge < -0.3 is 24.4 Å². The second-order valence-electron chi connectivity index (χ2n) is 8.10. The number of ether oxygens (including phenoxy) is 3. The number of nitrogens with one attached hydrogen (secondary N) is 1. The Bertz CT molecular complexity index is 1260. The van der Waals surface area contributed by atoms with E-state index in [1.54, 1.807) is 60.7 Å². The molecule has 2 heterocycles. The molecule has 1 fully saturated rings. The Morgan fingerprint density at radius 2 is 1.74 bits per heavy atom. The first kappa shape index (κ1) is 22.3. The largest absolute Gasteiger partial charge is 0.497 e. The minimum atomic E-state index is -0.973. The molecule has 1 atom stereocenters. The van der Waals surface area contributed by atoms with Crippen molar-refractivity contribution < 1.29 is 28.6 Å². The summed E-state index contributed by atoms with van der Waals surface area (Å²) in [6.45, 7) is 0.255. The van der Waals surface area contributed by atoms with Gasteiger partial charge in [-0.25, -0.2) is 9.69 Å². The van der Waals surface area contributed by atoms with Gasteiger partial charge in [0.1, 0.15) is 11.8 Å². The van der Waals surface area contributed by atoms with Crippen LogP contribution in [0.4, 0.5) is 16.2 Å². The molecule has 4 amide bonds. The van der Waals surface area contributed by atoms with Crippen molar-refractivity contribution in [1.29, 1.82) is 0 Å². The van der Waals surface area contributed by atoms with Crippen molar-refractivity contribution in [3.8, 4) is 17.2 Å². The molecule has 0 bridgehead atoms. The van der Waals surface area contributed by atoms with Gasteiger partial charge in [-0.3, -0.25) is 9.59 Å². The lowest BCUT2D eigenvalue weighted by Crippen LogP contribution is -2.37. The number of hydrogen-bond acceptors (Lipinski definition) is 6. The van der Waals surface area contributed by atoms with E-state index in [0.29, 0.717) is 28.6 Å². The van der Waals surface area contributed by atoms with E-state index in [9.17, 15) is 14.4 Å². The van der Waals surface area contributed by atoms with Gasteiger partial charge in [-0.05, 0) is 54.1 Å². The lowest BCUT2D eigenvalue weighted by atomic mass is 10.1. The number of fused-ring (bicyclic) bond motifs is 1. The fourth-order valence-corrected chi connectivity index (χ4v) is 4.13. The number of hydrogen-bond donors (Lipinski definition) is 1. The van der Waals surface area contributed by atoms with Gasteiger partial charge in [0, 0.05) is 12.2 Å². The molecule has 0 unspecified atom stereocenters. The van der Waals surface area contributed by atoms with Crippen molar-refractivity contribution in [2.45, 2.75) is 19.0 Å². The zero-order valence-corrected chi connectivity index (χ0v) is 19.0. The zero-order chi connectivity index (χ0) is 24.4. The van der Waals surface area contributed by atoms with E-state index in [4.69, 9.17) is 14.2 Å². The van der Waals surface area contributed by atoms with Crippen LogP contribution in [-0.4, -0.2) is 42.7 Å². The lowest BCUT2D eigenvalue weighted by molar-refractivity contribution is -0.124. The van der Waals surface area contributed by atoms with Crippen molar-refractivity contribution >= 4 is 29.2 Å². The Balaban J connectivity index is 1.42. The highest BCUT2D eigenvalue weighted by Gasteiger charge is 2.46. The Labute approximate surface area is 201 Å². The highest BCUT2D eigenvalue weighted by atomic mass is 16.7. The van der Waals surface area contributed by atoms with Crippen molar-refractivity contribution in [2.24, 2.45) is 0 Å². The van der Waals surface area contributed by atoms with E-state index in [1.807, 2.05) is 12.1 Å². The molecule has 0 radical (unpaired) electrons. The summed E-state index contributed by atoms with van der Waals surface area (Å²) in [4.78, 5) is 42.3. The molecule has 2 aliphatic heterocycles. The number of para-hydroxylation sites is 1. The maximum Gasteiger partial charge on any atom is 0.332 e. The molecule has 5 rings (SSSR count). The third kappa shape index (κ3) is 4.48. The molecule has 0 spiro atoms. The first-order chi connectivity index (χ1) is 17.0. The number of rotatable bonds is 7. The third-order valence-electron chi connectivity index (χ3n) is 5.88. The van der Waals surface area contributed by atoms with Gasteiger partial charge in [-0.2, -0.15) is 0 Å². The van der Waals surface area contributed by atoms with Crippen molar-refractivity contribution in [3.63, 3.8) is 0 Å². The van der Waals surface area contributed by atoms with E-state index >= 15 is 0 Å². The number of imide groups is 1. The molecule has 0 saturated carbocycles. The topological polar surface area (TPSA) is 97.4 Å². The Hall–Kier alpha value is -4.53.